The maximum atomic E-state index is 13.1. The molecule has 1 N–H and O–H groups in total. The second kappa shape index (κ2) is 3.77. The Hall–Kier alpha value is -1.16. The van der Waals surface area contributed by atoms with Crippen LogP contribution in [-0.2, 0) is 5.54 Å². The zero-order chi connectivity index (χ0) is 10.9. The molecular formula is C11H13F2NO. The number of hydrogen-bond acceptors (Lipinski definition) is 2. The molecule has 0 saturated heterocycles. The molecule has 4 heteroatoms. The lowest BCUT2D eigenvalue weighted by molar-refractivity contribution is 0.00649. The van der Waals surface area contributed by atoms with Crippen LogP contribution in [0.3, 0.4) is 0 Å². The molecule has 1 heterocycles. The lowest BCUT2D eigenvalue weighted by atomic mass is 9.85. The van der Waals surface area contributed by atoms with Gasteiger partial charge in [-0.2, -0.15) is 0 Å². The molecule has 0 radical (unpaired) electrons. The molecule has 0 saturated carbocycles. The number of nitrogens with one attached hydrogen (secondary N) is 1. The van der Waals surface area contributed by atoms with Gasteiger partial charge in [0.05, 0.1) is 6.61 Å². The zero-order valence-corrected chi connectivity index (χ0v) is 8.47. The first-order chi connectivity index (χ1) is 7.20. The number of hydrogen-bond donors (Lipinski definition) is 1. The van der Waals surface area contributed by atoms with E-state index in [1.165, 1.54) is 0 Å². The molecule has 1 atom stereocenters. The molecule has 0 spiro atoms. The predicted molar refractivity (Wildman–Crippen MR) is 53.3 cm³/mol. The Morgan fingerprint density at radius 3 is 2.80 bits per heavy atom. The third-order valence-electron chi connectivity index (χ3n) is 2.94. The maximum Gasteiger partial charge on any atom is 0.260 e. The van der Waals surface area contributed by atoms with Gasteiger partial charge in [0.25, 0.3) is 6.43 Å². The van der Waals surface area contributed by atoms with Gasteiger partial charge in [-0.15, -0.1) is 0 Å². The fourth-order valence-electron chi connectivity index (χ4n) is 2.01. The highest BCUT2D eigenvalue weighted by atomic mass is 19.3. The summed E-state index contributed by atoms with van der Waals surface area (Å²) in [4.78, 5) is 0. The molecule has 0 amide bonds. The van der Waals surface area contributed by atoms with E-state index in [1.54, 1.807) is 31.3 Å². The number of ether oxygens (including phenoxy) is 1. The van der Waals surface area contributed by atoms with Crippen LogP contribution < -0.4 is 10.1 Å². The van der Waals surface area contributed by atoms with Crippen molar-refractivity contribution in [1.29, 1.82) is 0 Å². The summed E-state index contributed by atoms with van der Waals surface area (Å²) < 4.78 is 31.6. The molecule has 82 valence electrons. The van der Waals surface area contributed by atoms with E-state index in [4.69, 9.17) is 4.74 Å². The first-order valence-electron chi connectivity index (χ1n) is 4.90. The lowest BCUT2D eigenvalue weighted by Crippen LogP contribution is -2.49. The molecule has 1 unspecified atom stereocenters. The van der Waals surface area contributed by atoms with E-state index in [0.29, 0.717) is 17.9 Å². The Kier molecular flexibility index (Phi) is 2.61. The van der Waals surface area contributed by atoms with E-state index >= 15 is 0 Å². The van der Waals surface area contributed by atoms with Gasteiger partial charge in [0.15, 0.2) is 0 Å². The van der Waals surface area contributed by atoms with Crippen LogP contribution in [0, 0.1) is 0 Å². The van der Waals surface area contributed by atoms with Gasteiger partial charge in [-0.3, -0.25) is 0 Å². The summed E-state index contributed by atoms with van der Waals surface area (Å²) in [5.41, 5.74) is -0.705. The van der Waals surface area contributed by atoms with Crippen molar-refractivity contribution in [1.82, 2.24) is 5.32 Å². The second-order valence-electron chi connectivity index (χ2n) is 3.62. The normalized spacial score (nSPS) is 24.8. The van der Waals surface area contributed by atoms with E-state index in [1.807, 2.05) is 0 Å². The van der Waals surface area contributed by atoms with E-state index in [2.05, 4.69) is 5.32 Å². The molecule has 0 aliphatic carbocycles. The molecule has 1 aliphatic heterocycles. The quantitative estimate of drug-likeness (QED) is 0.812. The van der Waals surface area contributed by atoms with Gasteiger partial charge >= 0.3 is 0 Å². The predicted octanol–water partition coefficient (Wildman–Crippen LogP) is 2.15. The van der Waals surface area contributed by atoms with Crippen molar-refractivity contribution in [3.05, 3.63) is 29.8 Å². The van der Waals surface area contributed by atoms with Crippen LogP contribution in [0.15, 0.2) is 24.3 Å². The fourth-order valence-corrected chi connectivity index (χ4v) is 2.01. The van der Waals surface area contributed by atoms with E-state index in [9.17, 15) is 8.78 Å². The first-order valence-corrected chi connectivity index (χ1v) is 4.90. The number of para-hydroxylation sites is 1. The Bertz CT molecular complexity index is 356. The summed E-state index contributed by atoms with van der Waals surface area (Å²) in [5, 5.41) is 2.74. The monoisotopic (exact) mass is 213 g/mol. The highest BCUT2D eigenvalue weighted by Gasteiger charge is 2.44. The minimum absolute atomic E-state index is 0.290. The average Bonchev–Trinajstić information content (AvgIpc) is 2.28. The first kappa shape index (κ1) is 10.4. The highest BCUT2D eigenvalue weighted by Crippen LogP contribution is 2.40. The van der Waals surface area contributed by atoms with Crippen LogP contribution in [0.1, 0.15) is 12.0 Å². The third kappa shape index (κ3) is 1.49. The lowest BCUT2D eigenvalue weighted by Gasteiger charge is -2.37. The van der Waals surface area contributed by atoms with Crippen LogP contribution in [0.4, 0.5) is 8.78 Å². The SMILES string of the molecule is CNC1(C(F)F)CCOc2ccccc21. The van der Waals surface area contributed by atoms with Gasteiger partial charge in [-0.1, -0.05) is 18.2 Å². The molecular weight excluding hydrogens is 200 g/mol. The maximum absolute atomic E-state index is 13.1. The van der Waals surface area contributed by atoms with Crippen molar-refractivity contribution in [3.63, 3.8) is 0 Å². The molecule has 1 aromatic carbocycles. The molecule has 15 heavy (non-hydrogen) atoms. The van der Waals surface area contributed by atoms with Crippen molar-refractivity contribution in [2.75, 3.05) is 13.7 Å². The van der Waals surface area contributed by atoms with Crippen LogP contribution in [0.5, 0.6) is 5.75 Å². The summed E-state index contributed by atoms with van der Waals surface area (Å²) >= 11 is 0. The Morgan fingerprint density at radius 2 is 2.13 bits per heavy atom. The topological polar surface area (TPSA) is 21.3 Å². The minimum Gasteiger partial charge on any atom is -0.493 e. The van der Waals surface area contributed by atoms with Gasteiger partial charge in [-0.05, 0) is 13.1 Å². The number of fused-ring (bicyclic) bond motifs is 1. The Morgan fingerprint density at radius 1 is 1.40 bits per heavy atom. The second-order valence-corrected chi connectivity index (χ2v) is 3.62. The van der Waals surface area contributed by atoms with Crippen molar-refractivity contribution in [2.24, 2.45) is 0 Å². The molecule has 2 nitrogen and oxygen atoms in total. The van der Waals surface area contributed by atoms with Gasteiger partial charge in [0.1, 0.15) is 11.3 Å². The Labute approximate surface area is 87.2 Å². The summed E-state index contributed by atoms with van der Waals surface area (Å²) in [7, 11) is 1.56. The summed E-state index contributed by atoms with van der Waals surface area (Å²) in [6, 6.07) is 6.96. The van der Waals surface area contributed by atoms with Crippen LogP contribution in [-0.4, -0.2) is 20.1 Å². The van der Waals surface area contributed by atoms with Crippen LogP contribution in [0.2, 0.25) is 0 Å². The fraction of sp³-hybridized carbons (Fsp3) is 0.455. The van der Waals surface area contributed by atoms with E-state index in [0.717, 1.165) is 0 Å². The molecule has 0 aromatic heterocycles. The van der Waals surface area contributed by atoms with Crippen molar-refractivity contribution >= 4 is 0 Å². The molecule has 0 bridgehead atoms. The smallest absolute Gasteiger partial charge is 0.260 e. The van der Waals surface area contributed by atoms with E-state index in [-0.39, 0.29) is 6.42 Å². The number of halogens is 2. The van der Waals surface area contributed by atoms with Crippen LogP contribution >= 0.6 is 0 Å². The number of rotatable bonds is 2. The number of alkyl halides is 2. The third-order valence-corrected chi connectivity index (χ3v) is 2.94. The molecule has 1 aliphatic rings. The molecule has 0 fully saturated rings. The van der Waals surface area contributed by atoms with Gasteiger partial charge in [-0.25, -0.2) is 8.78 Å². The zero-order valence-electron chi connectivity index (χ0n) is 8.47. The largest absolute Gasteiger partial charge is 0.493 e. The summed E-state index contributed by atoms with van der Waals surface area (Å²) in [5.74, 6) is 0.554. The van der Waals surface area contributed by atoms with Crippen molar-refractivity contribution in [2.45, 2.75) is 18.4 Å². The summed E-state index contributed by atoms with van der Waals surface area (Å²) in [6.07, 6.45) is -2.15. The average molecular weight is 213 g/mol. The number of benzene rings is 1. The Balaban J connectivity index is 2.52. The van der Waals surface area contributed by atoms with Crippen molar-refractivity contribution < 1.29 is 13.5 Å². The molecule has 1 aromatic rings. The summed E-state index contributed by atoms with van der Waals surface area (Å²) in [6.45, 7) is 0.322. The van der Waals surface area contributed by atoms with Crippen LogP contribution in [0.25, 0.3) is 0 Å². The highest BCUT2D eigenvalue weighted by molar-refractivity contribution is 5.41. The van der Waals surface area contributed by atoms with Gasteiger partial charge < -0.3 is 10.1 Å². The standard InChI is InChI=1S/C11H13F2NO/c1-14-11(10(12)13)6-7-15-9-5-3-2-4-8(9)11/h2-5,10,14H,6-7H2,1H3. The van der Waals surface area contributed by atoms with Gasteiger partial charge in [0, 0.05) is 12.0 Å². The van der Waals surface area contributed by atoms with Crippen molar-refractivity contribution in [3.8, 4) is 5.75 Å². The van der Waals surface area contributed by atoms with E-state index < -0.39 is 12.0 Å². The van der Waals surface area contributed by atoms with Gasteiger partial charge in [0.2, 0.25) is 0 Å². The minimum atomic E-state index is -2.44. The molecule has 2 rings (SSSR count).